The lowest BCUT2D eigenvalue weighted by Gasteiger charge is -2.04. The molecule has 0 aliphatic carbocycles. The minimum absolute atomic E-state index is 0.270. The SMILES string of the molecule is Fc1cccc(Cl)c1-n1cc(-c2ccccc2)cn1. The van der Waals surface area contributed by atoms with Crippen molar-refractivity contribution >= 4 is 11.6 Å². The fourth-order valence-electron chi connectivity index (χ4n) is 1.93. The van der Waals surface area contributed by atoms with Gasteiger partial charge in [0.25, 0.3) is 0 Å². The van der Waals surface area contributed by atoms with Crippen molar-refractivity contribution < 1.29 is 4.39 Å². The van der Waals surface area contributed by atoms with Crippen LogP contribution in [0.3, 0.4) is 0 Å². The molecule has 1 aromatic heterocycles. The third-order valence-corrected chi connectivity index (χ3v) is 3.16. The Morgan fingerprint density at radius 2 is 1.74 bits per heavy atom. The first-order valence-electron chi connectivity index (χ1n) is 5.80. The zero-order valence-electron chi connectivity index (χ0n) is 9.92. The van der Waals surface area contributed by atoms with E-state index < -0.39 is 5.82 Å². The summed E-state index contributed by atoms with van der Waals surface area (Å²) < 4.78 is 15.3. The molecular weight excluding hydrogens is 263 g/mol. The molecule has 0 spiro atoms. The number of halogens is 2. The average Bonchev–Trinajstić information content (AvgIpc) is 2.89. The highest BCUT2D eigenvalue weighted by Gasteiger charge is 2.11. The van der Waals surface area contributed by atoms with E-state index in [0.717, 1.165) is 11.1 Å². The number of aromatic nitrogens is 2. The molecule has 0 aliphatic heterocycles. The molecule has 0 saturated heterocycles. The van der Waals surface area contributed by atoms with Crippen molar-refractivity contribution in [3.8, 4) is 16.8 Å². The number of para-hydroxylation sites is 1. The Morgan fingerprint density at radius 1 is 0.947 bits per heavy atom. The van der Waals surface area contributed by atoms with Crippen LogP contribution in [-0.2, 0) is 0 Å². The van der Waals surface area contributed by atoms with Crippen LogP contribution in [-0.4, -0.2) is 9.78 Å². The molecule has 94 valence electrons. The van der Waals surface area contributed by atoms with E-state index in [1.165, 1.54) is 10.7 Å². The van der Waals surface area contributed by atoms with Gasteiger partial charge in [-0.3, -0.25) is 0 Å². The minimum atomic E-state index is -0.393. The molecule has 0 fully saturated rings. The molecule has 0 atom stereocenters. The van der Waals surface area contributed by atoms with Crippen LogP contribution in [0.4, 0.5) is 4.39 Å². The lowest BCUT2D eigenvalue weighted by Crippen LogP contribution is -1.98. The van der Waals surface area contributed by atoms with E-state index in [-0.39, 0.29) is 5.69 Å². The van der Waals surface area contributed by atoms with Crippen LogP contribution in [0.15, 0.2) is 60.9 Å². The van der Waals surface area contributed by atoms with Crippen LogP contribution in [0, 0.1) is 5.82 Å². The van der Waals surface area contributed by atoms with E-state index in [9.17, 15) is 4.39 Å². The van der Waals surface area contributed by atoms with Crippen molar-refractivity contribution in [2.45, 2.75) is 0 Å². The maximum atomic E-state index is 13.8. The van der Waals surface area contributed by atoms with Crippen LogP contribution in [0.5, 0.6) is 0 Å². The predicted octanol–water partition coefficient (Wildman–Crippen LogP) is 4.33. The molecule has 0 amide bonds. The van der Waals surface area contributed by atoms with Crippen molar-refractivity contribution in [1.29, 1.82) is 0 Å². The molecule has 0 radical (unpaired) electrons. The molecule has 0 saturated carbocycles. The lowest BCUT2D eigenvalue weighted by molar-refractivity contribution is 0.611. The zero-order valence-corrected chi connectivity index (χ0v) is 10.7. The average molecular weight is 273 g/mol. The van der Waals surface area contributed by atoms with Gasteiger partial charge in [-0.15, -0.1) is 0 Å². The minimum Gasteiger partial charge on any atom is -0.236 e. The van der Waals surface area contributed by atoms with Crippen molar-refractivity contribution in [2.24, 2.45) is 0 Å². The van der Waals surface area contributed by atoms with Gasteiger partial charge in [-0.1, -0.05) is 48.0 Å². The summed E-state index contributed by atoms with van der Waals surface area (Å²) in [6.07, 6.45) is 3.46. The number of nitrogens with zero attached hydrogens (tertiary/aromatic N) is 2. The molecule has 0 bridgehead atoms. The summed E-state index contributed by atoms with van der Waals surface area (Å²) in [5, 5.41) is 4.51. The number of benzene rings is 2. The van der Waals surface area contributed by atoms with Gasteiger partial charge in [0, 0.05) is 11.8 Å². The summed E-state index contributed by atoms with van der Waals surface area (Å²) in [6, 6.07) is 14.4. The summed E-state index contributed by atoms with van der Waals surface area (Å²) in [7, 11) is 0. The fourth-order valence-corrected chi connectivity index (χ4v) is 2.18. The third kappa shape index (κ3) is 2.25. The molecule has 0 unspecified atom stereocenters. The first kappa shape index (κ1) is 11.9. The van der Waals surface area contributed by atoms with E-state index in [2.05, 4.69) is 5.10 Å². The van der Waals surface area contributed by atoms with Crippen LogP contribution in [0.25, 0.3) is 16.8 Å². The Bertz CT molecular complexity index is 687. The van der Waals surface area contributed by atoms with E-state index in [0.29, 0.717) is 5.02 Å². The number of rotatable bonds is 2. The summed E-state index contributed by atoms with van der Waals surface area (Å²) >= 11 is 6.02. The van der Waals surface area contributed by atoms with E-state index >= 15 is 0 Å². The van der Waals surface area contributed by atoms with E-state index in [4.69, 9.17) is 11.6 Å². The number of hydrogen-bond donors (Lipinski definition) is 0. The van der Waals surface area contributed by atoms with Crippen LogP contribution in [0.2, 0.25) is 5.02 Å². The second-order valence-corrected chi connectivity index (χ2v) is 4.52. The van der Waals surface area contributed by atoms with Crippen molar-refractivity contribution in [2.75, 3.05) is 0 Å². The Morgan fingerprint density at radius 3 is 2.47 bits per heavy atom. The van der Waals surface area contributed by atoms with Gasteiger partial charge < -0.3 is 0 Å². The number of hydrogen-bond acceptors (Lipinski definition) is 1. The highest BCUT2D eigenvalue weighted by Crippen LogP contribution is 2.25. The highest BCUT2D eigenvalue weighted by atomic mass is 35.5. The van der Waals surface area contributed by atoms with Gasteiger partial charge in [0.2, 0.25) is 0 Å². The Kier molecular flexibility index (Phi) is 3.05. The molecule has 2 aromatic carbocycles. The van der Waals surface area contributed by atoms with Gasteiger partial charge in [0.15, 0.2) is 0 Å². The summed E-state index contributed by atoms with van der Waals surface area (Å²) in [5.74, 6) is -0.393. The smallest absolute Gasteiger partial charge is 0.150 e. The molecule has 2 nitrogen and oxygen atoms in total. The summed E-state index contributed by atoms with van der Waals surface area (Å²) in [4.78, 5) is 0. The Hall–Kier alpha value is -2.13. The molecule has 3 rings (SSSR count). The van der Waals surface area contributed by atoms with Crippen molar-refractivity contribution in [3.63, 3.8) is 0 Å². The van der Waals surface area contributed by atoms with Gasteiger partial charge in [0.05, 0.1) is 11.2 Å². The topological polar surface area (TPSA) is 17.8 Å². The van der Waals surface area contributed by atoms with Crippen LogP contribution < -0.4 is 0 Å². The van der Waals surface area contributed by atoms with Gasteiger partial charge >= 0.3 is 0 Å². The van der Waals surface area contributed by atoms with Gasteiger partial charge in [-0.25, -0.2) is 9.07 Å². The molecule has 4 heteroatoms. The largest absolute Gasteiger partial charge is 0.236 e. The standard InChI is InChI=1S/C15H10ClFN2/c16-13-7-4-8-14(17)15(13)19-10-12(9-18-19)11-5-2-1-3-6-11/h1-10H. The first-order chi connectivity index (χ1) is 9.25. The second kappa shape index (κ2) is 4.86. The summed E-state index contributed by atoms with van der Waals surface area (Å²) in [6.45, 7) is 0. The van der Waals surface area contributed by atoms with Crippen LogP contribution in [0.1, 0.15) is 0 Å². The predicted molar refractivity (Wildman–Crippen MR) is 74.0 cm³/mol. The second-order valence-electron chi connectivity index (χ2n) is 4.11. The Balaban J connectivity index is 2.07. The maximum Gasteiger partial charge on any atom is 0.150 e. The molecule has 3 aromatic rings. The Labute approximate surface area is 115 Å². The quantitative estimate of drug-likeness (QED) is 0.679. The fraction of sp³-hybridized carbons (Fsp3) is 0. The first-order valence-corrected chi connectivity index (χ1v) is 6.18. The lowest BCUT2D eigenvalue weighted by atomic mass is 10.1. The zero-order chi connectivity index (χ0) is 13.2. The monoisotopic (exact) mass is 272 g/mol. The molecule has 0 aliphatic rings. The van der Waals surface area contributed by atoms with Gasteiger partial charge in [-0.05, 0) is 17.7 Å². The van der Waals surface area contributed by atoms with E-state index in [1.54, 1.807) is 24.5 Å². The third-order valence-electron chi connectivity index (χ3n) is 2.86. The van der Waals surface area contributed by atoms with E-state index in [1.807, 2.05) is 30.3 Å². The van der Waals surface area contributed by atoms with Crippen LogP contribution >= 0.6 is 11.6 Å². The van der Waals surface area contributed by atoms with Crippen molar-refractivity contribution in [1.82, 2.24) is 9.78 Å². The molecule has 1 heterocycles. The molecule has 0 N–H and O–H groups in total. The molecule has 19 heavy (non-hydrogen) atoms. The summed E-state index contributed by atoms with van der Waals surface area (Å²) in [5.41, 5.74) is 2.22. The van der Waals surface area contributed by atoms with Gasteiger partial charge in [0.1, 0.15) is 11.5 Å². The molecular formula is C15H10ClFN2. The normalized spacial score (nSPS) is 10.6. The van der Waals surface area contributed by atoms with Crippen molar-refractivity contribution in [3.05, 3.63) is 71.8 Å². The maximum absolute atomic E-state index is 13.8. The van der Waals surface area contributed by atoms with Gasteiger partial charge in [-0.2, -0.15) is 5.10 Å². The highest BCUT2D eigenvalue weighted by molar-refractivity contribution is 6.32.